The largest absolute Gasteiger partial charge is 0.350 e. The fourth-order valence-electron chi connectivity index (χ4n) is 3.71. The molecule has 1 saturated heterocycles. The van der Waals surface area contributed by atoms with Crippen molar-refractivity contribution in [3.05, 3.63) is 0 Å². The molecule has 1 unspecified atom stereocenters. The molecule has 1 atom stereocenters. The van der Waals surface area contributed by atoms with Crippen LogP contribution in [0.3, 0.4) is 0 Å². The molecule has 0 aromatic rings. The van der Waals surface area contributed by atoms with Crippen LogP contribution >= 0.6 is 0 Å². The van der Waals surface area contributed by atoms with E-state index < -0.39 is 0 Å². The van der Waals surface area contributed by atoms with E-state index >= 15 is 0 Å². The van der Waals surface area contributed by atoms with Crippen LogP contribution < -0.4 is 5.32 Å². The summed E-state index contributed by atoms with van der Waals surface area (Å²) in [5.41, 5.74) is -0.243. The van der Waals surface area contributed by atoms with E-state index in [1.165, 1.54) is 32.1 Å². The van der Waals surface area contributed by atoms with Crippen molar-refractivity contribution in [3.63, 3.8) is 0 Å². The molecule has 2 fully saturated rings. The molecule has 1 aliphatic carbocycles. The number of nitrogens with one attached hydrogen (secondary N) is 1. The molecule has 2 amide bonds. The quantitative estimate of drug-likeness (QED) is 0.870. The van der Waals surface area contributed by atoms with Gasteiger partial charge in [-0.1, -0.05) is 19.3 Å². The second-order valence-electron chi connectivity index (χ2n) is 8.05. The number of hydrogen-bond donors (Lipinski definition) is 1. The van der Waals surface area contributed by atoms with Crippen molar-refractivity contribution in [2.45, 2.75) is 90.1 Å². The van der Waals surface area contributed by atoms with Gasteiger partial charge in [0, 0.05) is 18.5 Å². The van der Waals surface area contributed by atoms with Crippen LogP contribution in [0.15, 0.2) is 0 Å². The number of likely N-dealkylation sites (tertiary alicyclic amines) is 1. The SMILES string of the molecule is CC(C)(C)NC(=O)C1CCCCN1C(=O)CC1CCCCC1. The third kappa shape index (κ3) is 4.99. The van der Waals surface area contributed by atoms with Crippen LogP contribution in [-0.2, 0) is 9.59 Å². The van der Waals surface area contributed by atoms with Gasteiger partial charge in [-0.3, -0.25) is 9.59 Å². The van der Waals surface area contributed by atoms with Gasteiger partial charge in [-0.25, -0.2) is 0 Å². The van der Waals surface area contributed by atoms with Crippen molar-refractivity contribution in [1.82, 2.24) is 10.2 Å². The first-order valence-electron chi connectivity index (χ1n) is 8.98. The molecule has 1 saturated carbocycles. The van der Waals surface area contributed by atoms with E-state index in [0.29, 0.717) is 12.3 Å². The number of rotatable bonds is 3. The number of nitrogens with zero attached hydrogens (tertiary/aromatic N) is 1. The minimum absolute atomic E-state index is 0.0178. The van der Waals surface area contributed by atoms with Gasteiger partial charge >= 0.3 is 0 Å². The molecule has 0 aromatic carbocycles. The summed E-state index contributed by atoms with van der Waals surface area (Å²) in [4.78, 5) is 27.1. The highest BCUT2D eigenvalue weighted by molar-refractivity contribution is 5.88. The summed E-state index contributed by atoms with van der Waals surface area (Å²) in [5.74, 6) is 0.749. The lowest BCUT2D eigenvalue weighted by Gasteiger charge is -2.37. The lowest BCUT2D eigenvalue weighted by atomic mass is 9.86. The van der Waals surface area contributed by atoms with Crippen molar-refractivity contribution in [2.24, 2.45) is 5.92 Å². The van der Waals surface area contributed by atoms with Crippen LogP contribution in [0.2, 0.25) is 0 Å². The molecule has 0 aromatic heterocycles. The molecule has 1 aliphatic heterocycles. The Balaban J connectivity index is 1.96. The molecule has 2 aliphatic rings. The number of amides is 2. The van der Waals surface area contributed by atoms with E-state index in [4.69, 9.17) is 0 Å². The summed E-state index contributed by atoms with van der Waals surface area (Å²) >= 11 is 0. The number of piperidine rings is 1. The molecular formula is C18H32N2O2. The Bertz CT molecular complexity index is 394. The van der Waals surface area contributed by atoms with Gasteiger partial charge in [0.1, 0.15) is 6.04 Å². The first kappa shape index (κ1) is 17.3. The minimum atomic E-state index is -0.260. The Kier molecular flexibility index (Phi) is 5.87. The Morgan fingerprint density at radius 3 is 2.27 bits per heavy atom. The van der Waals surface area contributed by atoms with Crippen molar-refractivity contribution in [2.75, 3.05) is 6.54 Å². The lowest BCUT2D eigenvalue weighted by molar-refractivity contribution is -0.143. The zero-order valence-corrected chi connectivity index (χ0v) is 14.5. The lowest BCUT2D eigenvalue weighted by Crippen LogP contribution is -2.55. The molecule has 4 heteroatoms. The second kappa shape index (κ2) is 7.47. The van der Waals surface area contributed by atoms with E-state index in [9.17, 15) is 9.59 Å². The van der Waals surface area contributed by atoms with Gasteiger partial charge in [-0.2, -0.15) is 0 Å². The highest BCUT2D eigenvalue weighted by Gasteiger charge is 2.34. The predicted molar refractivity (Wildman–Crippen MR) is 88.4 cm³/mol. The van der Waals surface area contributed by atoms with Gasteiger partial charge < -0.3 is 10.2 Å². The summed E-state index contributed by atoms with van der Waals surface area (Å²) in [6.45, 7) is 6.71. The summed E-state index contributed by atoms with van der Waals surface area (Å²) in [7, 11) is 0. The average Bonchev–Trinajstić information content (AvgIpc) is 2.46. The third-order valence-electron chi connectivity index (χ3n) is 4.81. The van der Waals surface area contributed by atoms with Crippen LogP contribution in [0.5, 0.6) is 0 Å². The number of carbonyl (C=O) groups excluding carboxylic acids is 2. The third-order valence-corrected chi connectivity index (χ3v) is 4.81. The van der Waals surface area contributed by atoms with Gasteiger partial charge in [-0.15, -0.1) is 0 Å². The van der Waals surface area contributed by atoms with Crippen molar-refractivity contribution < 1.29 is 9.59 Å². The van der Waals surface area contributed by atoms with Crippen LogP contribution in [0.1, 0.15) is 78.6 Å². The molecule has 126 valence electrons. The van der Waals surface area contributed by atoms with Gasteiger partial charge in [0.2, 0.25) is 11.8 Å². The Labute approximate surface area is 135 Å². The molecule has 1 heterocycles. The highest BCUT2D eigenvalue weighted by Crippen LogP contribution is 2.28. The van der Waals surface area contributed by atoms with Gasteiger partial charge in [0.15, 0.2) is 0 Å². The first-order chi connectivity index (χ1) is 10.4. The Hall–Kier alpha value is -1.06. The Morgan fingerprint density at radius 2 is 1.64 bits per heavy atom. The van der Waals surface area contributed by atoms with Gasteiger partial charge in [0.25, 0.3) is 0 Å². The van der Waals surface area contributed by atoms with Crippen molar-refractivity contribution >= 4 is 11.8 Å². The zero-order chi connectivity index (χ0) is 16.2. The number of carbonyl (C=O) groups is 2. The highest BCUT2D eigenvalue weighted by atomic mass is 16.2. The van der Waals surface area contributed by atoms with Crippen molar-refractivity contribution in [1.29, 1.82) is 0 Å². The van der Waals surface area contributed by atoms with E-state index in [1.54, 1.807) is 0 Å². The standard InChI is InChI=1S/C18H32N2O2/c1-18(2,3)19-17(22)15-11-7-8-12-20(15)16(21)13-14-9-5-4-6-10-14/h14-15H,4-13H2,1-3H3,(H,19,22). The maximum Gasteiger partial charge on any atom is 0.243 e. The van der Waals surface area contributed by atoms with E-state index in [2.05, 4.69) is 5.32 Å². The summed E-state index contributed by atoms with van der Waals surface area (Å²) in [6, 6.07) is -0.260. The van der Waals surface area contributed by atoms with Crippen LogP contribution in [0, 0.1) is 5.92 Å². The summed E-state index contributed by atoms with van der Waals surface area (Å²) in [5, 5.41) is 3.04. The molecule has 0 bridgehead atoms. The molecule has 1 N–H and O–H groups in total. The van der Waals surface area contributed by atoms with Crippen LogP contribution in [-0.4, -0.2) is 34.8 Å². The fourth-order valence-corrected chi connectivity index (χ4v) is 3.71. The topological polar surface area (TPSA) is 49.4 Å². The smallest absolute Gasteiger partial charge is 0.243 e. The monoisotopic (exact) mass is 308 g/mol. The van der Waals surface area contributed by atoms with Crippen molar-refractivity contribution in [3.8, 4) is 0 Å². The van der Waals surface area contributed by atoms with Gasteiger partial charge in [0.05, 0.1) is 0 Å². The molecule has 22 heavy (non-hydrogen) atoms. The molecule has 4 nitrogen and oxygen atoms in total. The predicted octanol–water partition coefficient (Wildman–Crippen LogP) is 3.25. The summed E-state index contributed by atoms with van der Waals surface area (Å²) < 4.78 is 0. The Morgan fingerprint density at radius 1 is 1.00 bits per heavy atom. The van der Waals surface area contributed by atoms with E-state index in [0.717, 1.165) is 25.8 Å². The normalized spacial score (nSPS) is 24.1. The maximum atomic E-state index is 12.7. The minimum Gasteiger partial charge on any atom is -0.350 e. The van der Waals surface area contributed by atoms with E-state index in [1.807, 2.05) is 25.7 Å². The van der Waals surface area contributed by atoms with Gasteiger partial charge in [-0.05, 0) is 58.8 Å². The zero-order valence-electron chi connectivity index (χ0n) is 14.5. The second-order valence-corrected chi connectivity index (χ2v) is 8.05. The average molecular weight is 308 g/mol. The van der Waals surface area contributed by atoms with E-state index in [-0.39, 0.29) is 23.4 Å². The number of hydrogen-bond acceptors (Lipinski definition) is 2. The molecule has 0 radical (unpaired) electrons. The molecular weight excluding hydrogens is 276 g/mol. The van der Waals surface area contributed by atoms with Crippen LogP contribution in [0.25, 0.3) is 0 Å². The summed E-state index contributed by atoms with van der Waals surface area (Å²) in [6.07, 6.45) is 9.68. The fraction of sp³-hybridized carbons (Fsp3) is 0.889. The maximum absolute atomic E-state index is 12.7. The van der Waals surface area contributed by atoms with Crippen LogP contribution in [0.4, 0.5) is 0 Å². The molecule has 0 spiro atoms. The molecule has 2 rings (SSSR count). The first-order valence-corrected chi connectivity index (χ1v) is 8.98.